The Hall–Kier alpha value is -0.970. The first-order valence-corrected chi connectivity index (χ1v) is 6.07. The van der Waals surface area contributed by atoms with Gasteiger partial charge in [0.1, 0.15) is 0 Å². The van der Waals surface area contributed by atoms with Crippen LogP contribution in [-0.2, 0) is 11.4 Å². The van der Waals surface area contributed by atoms with Crippen molar-refractivity contribution in [1.29, 1.82) is 0 Å². The third-order valence-electron chi connectivity index (χ3n) is 2.21. The predicted octanol–water partition coefficient (Wildman–Crippen LogP) is 3.18. The molecule has 0 fully saturated rings. The van der Waals surface area contributed by atoms with Crippen LogP contribution in [0.1, 0.15) is 26.3 Å². The summed E-state index contributed by atoms with van der Waals surface area (Å²) in [7, 11) is 3.14. The summed E-state index contributed by atoms with van der Waals surface area (Å²) in [5, 5.41) is 0.529. The van der Waals surface area contributed by atoms with Crippen molar-refractivity contribution < 1.29 is 14.3 Å². The number of halogens is 1. The Morgan fingerprint density at radius 2 is 1.83 bits per heavy atom. The standard InChI is InChI=1S/C13H20ClNO3/c1-13(2,3)18-15-8-9-6-7-10(16-4)12(17-5)11(9)14/h6-7,15H,8H2,1-5H3. The van der Waals surface area contributed by atoms with Crippen LogP contribution in [0.25, 0.3) is 0 Å². The van der Waals surface area contributed by atoms with Gasteiger partial charge in [0.05, 0.1) is 24.8 Å². The van der Waals surface area contributed by atoms with E-state index in [-0.39, 0.29) is 5.60 Å². The summed E-state index contributed by atoms with van der Waals surface area (Å²) in [6, 6.07) is 3.70. The number of hydrogen-bond donors (Lipinski definition) is 1. The van der Waals surface area contributed by atoms with Gasteiger partial charge in [-0.05, 0) is 32.4 Å². The second-order valence-electron chi connectivity index (χ2n) is 4.81. The van der Waals surface area contributed by atoms with Crippen LogP contribution >= 0.6 is 11.6 Å². The van der Waals surface area contributed by atoms with Crippen molar-refractivity contribution in [2.75, 3.05) is 14.2 Å². The maximum atomic E-state index is 6.24. The second kappa shape index (κ2) is 6.27. The molecule has 1 rings (SSSR count). The average Bonchev–Trinajstić information content (AvgIpc) is 2.29. The molecule has 4 nitrogen and oxygen atoms in total. The number of hydrogen-bond acceptors (Lipinski definition) is 4. The summed E-state index contributed by atoms with van der Waals surface area (Å²) in [6.07, 6.45) is 0. The summed E-state index contributed by atoms with van der Waals surface area (Å²) in [4.78, 5) is 5.44. The number of ether oxygens (including phenoxy) is 2. The highest BCUT2D eigenvalue weighted by Gasteiger charge is 2.14. The van der Waals surface area contributed by atoms with Gasteiger partial charge in [-0.2, -0.15) is 5.48 Å². The lowest BCUT2D eigenvalue weighted by atomic mass is 10.2. The van der Waals surface area contributed by atoms with E-state index >= 15 is 0 Å². The predicted molar refractivity (Wildman–Crippen MR) is 72.2 cm³/mol. The minimum absolute atomic E-state index is 0.247. The van der Waals surface area contributed by atoms with E-state index in [1.807, 2.05) is 32.9 Å². The van der Waals surface area contributed by atoms with Gasteiger partial charge in [-0.3, -0.25) is 4.84 Å². The first kappa shape index (κ1) is 15.1. The van der Waals surface area contributed by atoms with Crippen molar-refractivity contribution in [3.63, 3.8) is 0 Å². The van der Waals surface area contributed by atoms with Gasteiger partial charge in [-0.15, -0.1) is 0 Å². The normalized spacial score (nSPS) is 11.4. The molecule has 0 bridgehead atoms. The molecule has 0 spiro atoms. The third-order valence-corrected chi connectivity index (χ3v) is 2.62. The first-order chi connectivity index (χ1) is 8.39. The lowest BCUT2D eigenvalue weighted by Gasteiger charge is -2.20. The van der Waals surface area contributed by atoms with Crippen LogP contribution in [0.2, 0.25) is 5.02 Å². The van der Waals surface area contributed by atoms with Gasteiger partial charge in [0, 0.05) is 6.54 Å². The largest absolute Gasteiger partial charge is 0.493 e. The molecular weight excluding hydrogens is 254 g/mol. The fourth-order valence-electron chi connectivity index (χ4n) is 1.40. The molecule has 0 aliphatic heterocycles. The van der Waals surface area contributed by atoms with Crippen LogP contribution in [-0.4, -0.2) is 19.8 Å². The molecule has 0 radical (unpaired) electrons. The van der Waals surface area contributed by atoms with Crippen molar-refractivity contribution >= 4 is 11.6 Å². The van der Waals surface area contributed by atoms with Crippen LogP contribution in [0, 0.1) is 0 Å². The van der Waals surface area contributed by atoms with Gasteiger partial charge >= 0.3 is 0 Å². The topological polar surface area (TPSA) is 39.7 Å². The van der Waals surface area contributed by atoms with E-state index in [4.69, 9.17) is 25.9 Å². The summed E-state index contributed by atoms with van der Waals surface area (Å²) in [6.45, 7) is 6.40. The second-order valence-corrected chi connectivity index (χ2v) is 5.19. The Bertz CT molecular complexity index is 402. The molecule has 102 valence electrons. The van der Waals surface area contributed by atoms with Crippen molar-refractivity contribution in [3.05, 3.63) is 22.7 Å². The van der Waals surface area contributed by atoms with Gasteiger partial charge in [-0.25, -0.2) is 0 Å². The smallest absolute Gasteiger partial charge is 0.179 e. The molecule has 0 saturated carbocycles. The summed E-state index contributed by atoms with van der Waals surface area (Å²) < 4.78 is 10.4. The Labute approximate surface area is 113 Å². The maximum Gasteiger partial charge on any atom is 0.179 e. The molecule has 0 atom stereocenters. The van der Waals surface area contributed by atoms with Gasteiger partial charge in [0.25, 0.3) is 0 Å². The first-order valence-electron chi connectivity index (χ1n) is 5.69. The van der Waals surface area contributed by atoms with Crippen LogP contribution in [0.4, 0.5) is 0 Å². The molecule has 0 aromatic heterocycles. The van der Waals surface area contributed by atoms with Crippen LogP contribution < -0.4 is 15.0 Å². The maximum absolute atomic E-state index is 6.24. The Morgan fingerprint density at radius 1 is 1.17 bits per heavy atom. The highest BCUT2D eigenvalue weighted by atomic mass is 35.5. The van der Waals surface area contributed by atoms with Crippen LogP contribution in [0.3, 0.4) is 0 Å². The fourth-order valence-corrected chi connectivity index (χ4v) is 1.70. The van der Waals surface area contributed by atoms with Gasteiger partial charge in [0.15, 0.2) is 11.5 Å². The van der Waals surface area contributed by atoms with E-state index in [0.717, 1.165) is 5.56 Å². The Balaban J connectivity index is 2.78. The summed E-state index contributed by atoms with van der Waals surface area (Å²) >= 11 is 6.24. The molecule has 0 aliphatic carbocycles. The zero-order valence-corrected chi connectivity index (χ0v) is 12.2. The lowest BCUT2D eigenvalue weighted by Crippen LogP contribution is -2.28. The van der Waals surface area contributed by atoms with E-state index in [0.29, 0.717) is 23.1 Å². The van der Waals surface area contributed by atoms with Crippen molar-refractivity contribution in [3.8, 4) is 11.5 Å². The molecule has 0 unspecified atom stereocenters. The minimum atomic E-state index is -0.247. The van der Waals surface area contributed by atoms with Gasteiger partial charge in [0.2, 0.25) is 0 Å². The fraction of sp³-hybridized carbons (Fsp3) is 0.538. The molecule has 1 aromatic rings. The van der Waals surface area contributed by atoms with Gasteiger partial charge < -0.3 is 9.47 Å². The molecule has 18 heavy (non-hydrogen) atoms. The summed E-state index contributed by atoms with van der Waals surface area (Å²) in [5.41, 5.74) is 3.53. The zero-order valence-electron chi connectivity index (χ0n) is 11.5. The minimum Gasteiger partial charge on any atom is -0.493 e. The SMILES string of the molecule is COc1ccc(CNOC(C)(C)C)c(Cl)c1OC. The molecule has 0 saturated heterocycles. The van der Waals surface area contributed by atoms with Crippen molar-refractivity contribution in [2.45, 2.75) is 32.9 Å². The Morgan fingerprint density at radius 3 is 2.33 bits per heavy atom. The monoisotopic (exact) mass is 273 g/mol. The molecule has 0 heterocycles. The van der Waals surface area contributed by atoms with E-state index in [1.165, 1.54) is 0 Å². The van der Waals surface area contributed by atoms with Gasteiger partial charge in [-0.1, -0.05) is 17.7 Å². The highest BCUT2D eigenvalue weighted by Crippen LogP contribution is 2.37. The van der Waals surface area contributed by atoms with Crippen LogP contribution in [0.15, 0.2) is 12.1 Å². The molecule has 1 aromatic carbocycles. The molecule has 5 heteroatoms. The number of benzene rings is 1. The number of hydroxylamine groups is 1. The molecular formula is C13H20ClNO3. The average molecular weight is 274 g/mol. The quantitative estimate of drug-likeness (QED) is 0.837. The van der Waals surface area contributed by atoms with Crippen molar-refractivity contribution in [2.24, 2.45) is 0 Å². The molecule has 0 amide bonds. The van der Waals surface area contributed by atoms with E-state index < -0.39 is 0 Å². The van der Waals surface area contributed by atoms with Crippen molar-refractivity contribution in [1.82, 2.24) is 5.48 Å². The number of methoxy groups -OCH3 is 2. The molecule has 1 N–H and O–H groups in total. The zero-order chi connectivity index (χ0) is 13.8. The number of rotatable bonds is 5. The Kier molecular flexibility index (Phi) is 5.26. The molecule has 0 aliphatic rings. The highest BCUT2D eigenvalue weighted by molar-refractivity contribution is 6.33. The third kappa shape index (κ3) is 4.05. The van der Waals surface area contributed by atoms with E-state index in [1.54, 1.807) is 14.2 Å². The van der Waals surface area contributed by atoms with E-state index in [9.17, 15) is 0 Å². The number of nitrogens with one attached hydrogen (secondary N) is 1. The lowest BCUT2D eigenvalue weighted by molar-refractivity contribution is -0.0757. The van der Waals surface area contributed by atoms with E-state index in [2.05, 4.69) is 5.48 Å². The summed E-state index contributed by atoms with van der Waals surface area (Å²) in [5.74, 6) is 1.15. The van der Waals surface area contributed by atoms with Crippen LogP contribution in [0.5, 0.6) is 11.5 Å².